The topological polar surface area (TPSA) is 0 Å². The minimum atomic E-state index is 0.142. The van der Waals surface area contributed by atoms with E-state index in [-0.39, 0.29) is 5.41 Å². The van der Waals surface area contributed by atoms with Gasteiger partial charge in [-0.2, -0.15) is 0 Å². The van der Waals surface area contributed by atoms with Crippen LogP contribution in [0.15, 0.2) is 36.4 Å². The number of rotatable bonds is 0. The lowest BCUT2D eigenvalue weighted by Gasteiger charge is -2.22. The highest BCUT2D eigenvalue weighted by Crippen LogP contribution is 2.49. The van der Waals surface area contributed by atoms with Crippen LogP contribution < -0.4 is 0 Å². The molecule has 0 atom stereocenters. The summed E-state index contributed by atoms with van der Waals surface area (Å²) in [5, 5.41) is 0. The van der Waals surface area contributed by atoms with Crippen molar-refractivity contribution in [1.29, 1.82) is 0 Å². The van der Waals surface area contributed by atoms with Crippen molar-refractivity contribution in [2.45, 2.75) is 33.1 Å². The van der Waals surface area contributed by atoms with Gasteiger partial charge in [0.2, 0.25) is 0 Å². The first-order valence-electron chi connectivity index (χ1n) is 6.23. The van der Waals surface area contributed by atoms with Gasteiger partial charge in [-0.25, -0.2) is 0 Å². The van der Waals surface area contributed by atoms with Gasteiger partial charge in [-0.05, 0) is 41.7 Å². The van der Waals surface area contributed by atoms with Crippen LogP contribution in [-0.2, 0) is 5.41 Å². The highest BCUT2D eigenvalue weighted by molar-refractivity contribution is 5.83. The first-order valence-corrected chi connectivity index (χ1v) is 6.23. The minimum Gasteiger partial charge on any atom is -0.0619 e. The van der Waals surface area contributed by atoms with Gasteiger partial charge in [-0.3, -0.25) is 0 Å². The van der Waals surface area contributed by atoms with Gasteiger partial charge in [-0.15, -0.1) is 0 Å². The van der Waals surface area contributed by atoms with Gasteiger partial charge in [0.1, 0.15) is 0 Å². The molecule has 0 radical (unpaired) electrons. The summed E-state index contributed by atoms with van der Waals surface area (Å²) in [6.07, 6.45) is 0. The fourth-order valence-electron chi connectivity index (χ4n) is 3.21. The van der Waals surface area contributed by atoms with Crippen LogP contribution in [0.1, 0.15) is 36.1 Å². The van der Waals surface area contributed by atoms with Crippen molar-refractivity contribution in [3.63, 3.8) is 0 Å². The smallest absolute Gasteiger partial charge is 0.0159 e. The first-order chi connectivity index (χ1) is 8.01. The summed E-state index contributed by atoms with van der Waals surface area (Å²) >= 11 is 0. The SMILES string of the molecule is Cc1cc(C)c2c(c1)C(C)(C)c1ccccc1-2. The van der Waals surface area contributed by atoms with Crippen LogP contribution in [0.3, 0.4) is 0 Å². The molecule has 0 unspecified atom stereocenters. The summed E-state index contributed by atoms with van der Waals surface area (Å²) in [7, 11) is 0. The molecule has 0 amide bonds. The third kappa shape index (κ3) is 1.30. The zero-order chi connectivity index (χ0) is 12.2. The minimum absolute atomic E-state index is 0.142. The van der Waals surface area contributed by atoms with Gasteiger partial charge >= 0.3 is 0 Å². The third-order valence-corrected chi connectivity index (χ3v) is 4.02. The molecule has 0 saturated heterocycles. The molecule has 0 N–H and O–H groups in total. The average molecular weight is 222 g/mol. The summed E-state index contributed by atoms with van der Waals surface area (Å²) in [5.41, 5.74) is 8.73. The Balaban J connectivity index is 2.44. The molecule has 1 aliphatic carbocycles. The molecule has 86 valence electrons. The van der Waals surface area contributed by atoms with E-state index in [4.69, 9.17) is 0 Å². The Kier molecular flexibility index (Phi) is 2.01. The Morgan fingerprint density at radius 2 is 1.59 bits per heavy atom. The second-order valence-corrected chi connectivity index (χ2v) is 5.67. The van der Waals surface area contributed by atoms with Crippen molar-refractivity contribution in [3.8, 4) is 11.1 Å². The van der Waals surface area contributed by atoms with E-state index >= 15 is 0 Å². The Labute approximate surface area is 103 Å². The maximum absolute atomic E-state index is 2.35. The number of hydrogen-bond donors (Lipinski definition) is 0. The first kappa shape index (κ1) is 10.6. The predicted octanol–water partition coefficient (Wildman–Crippen LogP) is 4.61. The summed E-state index contributed by atoms with van der Waals surface area (Å²) in [6, 6.07) is 13.5. The summed E-state index contributed by atoms with van der Waals surface area (Å²) in [4.78, 5) is 0. The molecule has 0 spiro atoms. The lowest BCUT2D eigenvalue weighted by Crippen LogP contribution is -2.15. The second-order valence-electron chi connectivity index (χ2n) is 5.67. The van der Waals surface area contributed by atoms with E-state index in [1.807, 2.05) is 0 Å². The van der Waals surface area contributed by atoms with Crippen LogP contribution in [0.25, 0.3) is 11.1 Å². The fourth-order valence-corrected chi connectivity index (χ4v) is 3.21. The third-order valence-electron chi connectivity index (χ3n) is 4.02. The van der Waals surface area contributed by atoms with Crippen LogP contribution in [-0.4, -0.2) is 0 Å². The molecule has 2 aromatic rings. The van der Waals surface area contributed by atoms with Crippen LogP contribution in [0.4, 0.5) is 0 Å². The van der Waals surface area contributed by atoms with E-state index < -0.39 is 0 Å². The van der Waals surface area contributed by atoms with E-state index in [9.17, 15) is 0 Å². The van der Waals surface area contributed by atoms with E-state index in [1.165, 1.54) is 33.4 Å². The zero-order valence-corrected chi connectivity index (χ0v) is 11.0. The molecule has 17 heavy (non-hydrogen) atoms. The lowest BCUT2D eigenvalue weighted by atomic mass is 9.82. The monoisotopic (exact) mass is 222 g/mol. The number of aryl methyl sites for hydroxylation is 2. The van der Waals surface area contributed by atoms with Gasteiger partial charge in [0.15, 0.2) is 0 Å². The van der Waals surface area contributed by atoms with Crippen LogP contribution in [0.2, 0.25) is 0 Å². The van der Waals surface area contributed by atoms with Crippen LogP contribution in [0.5, 0.6) is 0 Å². The van der Waals surface area contributed by atoms with Gasteiger partial charge in [0.25, 0.3) is 0 Å². The molecule has 1 aliphatic rings. The molecular weight excluding hydrogens is 204 g/mol. The standard InChI is InChI=1S/C17H18/c1-11-9-12(2)16-13-7-5-6-8-14(13)17(3,4)15(16)10-11/h5-10H,1-4H3. The normalized spacial score (nSPS) is 15.5. The Bertz CT molecular complexity index is 603. The lowest BCUT2D eigenvalue weighted by molar-refractivity contribution is 0.659. The van der Waals surface area contributed by atoms with Crippen LogP contribution in [0, 0.1) is 13.8 Å². The maximum atomic E-state index is 2.35. The number of fused-ring (bicyclic) bond motifs is 3. The number of benzene rings is 2. The molecule has 0 heteroatoms. The quantitative estimate of drug-likeness (QED) is 0.610. The van der Waals surface area contributed by atoms with E-state index in [0.717, 1.165) is 0 Å². The summed E-state index contributed by atoms with van der Waals surface area (Å²) in [6.45, 7) is 9.07. The summed E-state index contributed by atoms with van der Waals surface area (Å²) in [5.74, 6) is 0. The average Bonchev–Trinajstić information content (AvgIpc) is 2.49. The van der Waals surface area contributed by atoms with Gasteiger partial charge in [0.05, 0.1) is 0 Å². The maximum Gasteiger partial charge on any atom is 0.0159 e. The molecule has 3 rings (SSSR count). The van der Waals surface area contributed by atoms with Crippen molar-refractivity contribution < 1.29 is 0 Å². The van der Waals surface area contributed by atoms with Crippen molar-refractivity contribution >= 4 is 0 Å². The van der Waals surface area contributed by atoms with Crippen molar-refractivity contribution in [2.75, 3.05) is 0 Å². The second kappa shape index (κ2) is 3.22. The molecule has 0 nitrogen and oxygen atoms in total. The molecule has 0 heterocycles. The van der Waals surface area contributed by atoms with E-state index in [0.29, 0.717) is 0 Å². The van der Waals surface area contributed by atoms with Crippen molar-refractivity contribution in [2.24, 2.45) is 0 Å². The molecule has 2 aromatic carbocycles. The zero-order valence-electron chi connectivity index (χ0n) is 11.0. The highest BCUT2D eigenvalue weighted by atomic mass is 14.4. The Hall–Kier alpha value is -1.56. The van der Waals surface area contributed by atoms with Gasteiger partial charge in [-0.1, -0.05) is 55.8 Å². The highest BCUT2D eigenvalue weighted by Gasteiger charge is 2.35. The van der Waals surface area contributed by atoms with E-state index in [2.05, 4.69) is 64.1 Å². The molecular formula is C17H18. The Morgan fingerprint density at radius 3 is 2.35 bits per heavy atom. The Morgan fingerprint density at radius 1 is 0.882 bits per heavy atom. The summed E-state index contributed by atoms with van der Waals surface area (Å²) < 4.78 is 0. The van der Waals surface area contributed by atoms with Crippen LogP contribution >= 0.6 is 0 Å². The van der Waals surface area contributed by atoms with Gasteiger partial charge < -0.3 is 0 Å². The van der Waals surface area contributed by atoms with Gasteiger partial charge in [0, 0.05) is 5.41 Å². The molecule has 0 aliphatic heterocycles. The molecule has 0 fully saturated rings. The largest absolute Gasteiger partial charge is 0.0619 e. The van der Waals surface area contributed by atoms with Crippen molar-refractivity contribution in [1.82, 2.24) is 0 Å². The van der Waals surface area contributed by atoms with Crippen molar-refractivity contribution in [3.05, 3.63) is 58.7 Å². The predicted molar refractivity (Wildman–Crippen MR) is 73.5 cm³/mol. The molecule has 0 aromatic heterocycles. The molecule has 0 bridgehead atoms. The number of hydrogen-bond acceptors (Lipinski definition) is 0. The fraction of sp³-hybridized carbons (Fsp3) is 0.294. The molecule has 0 saturated carbocycles. The van der Waals surface area contributed by atoms with E-state index in [1.54, 1.807) is 0 Å².